The predicted molar refractivity (Wildman–Crippen MR) is 104 cm³/mol. The molecule has 0 spiro atoms. The van der Waals surface area contributed by atoms with Crippen LogP contribution < -0.4 is 25.8 Å². The van der Waals surface area contributed by atoms with Gasteiger partial charge in [0.2, 0.25) is 11.8 Å². The number of hydrogen-bond donors (Lipinski definition) is 3. The molecule has 0 bridgehead atoms. The Hall–Kier alpha value is -3.22. The lowest BCUT2D eigenvalue weighted by molar-refractivity contribution is -0.117. The van der Waals surface area contributed by atoms with Gasteiger partial charge in [-0.3, -0.25) is 9.59 Å². The largest absolute Gasteiger partial charge is 0.497 e. The van der Waals surface area contributed by atoms with Crippen molar-refractivity contribution in [1.29, 1.82) is 0 Å². The lowest BCUT2D eigenvalue weighted by atomic mass is 10.0. The Balaban J connectivity index is 1.45. The topological polar surface area (TPSA) is 103 Å². The number of nitrogen functional groups attached to an aromatic ring is 1. The smallest absolute Gasteiger partial charge is 0.224 e. The Morgan fingerprint density at radius 1 is 1.19 bits per heavy atom. The third-order valence-corrected chi connectivity index (χ3v) is 4.32. The molecule has 7 heteroatoms. The van der Waals surface area contributed by atoms with E-state index in [0.717, 1.165) is 17.0 Å². The molecule has 27 heavy (non-hydrogen) atoms. The van der Waals surface area contributed by atoms with Gasteiger partial charge in [-0.1, -0.05) is 0 Å². The molecular formula is C20H23N3O4. The van der Waals surface area contributed by atoms with Gasteiger partial charge >= 0.3 is 0 Å². The van der Waals surface area contributed by atoms with Crippen LogP contribution in [0.5, 0.6) is 11.5 Å². The van der Waals surface area contributed by atoms with Gasteiger partial charge < -0.3 is 25.8 Å². The number of fused-ring (bicyclic) bond motifs is 1. The van der Waals surface area contributed by atoms with E-state index >= 15 is 0 Å². The van der Waals surface area contributed by atoms with Crippen LogP contribution in [0.2, 0.25) is 0 Å². The van der Waals surface area contributed by atoms with E-state index in [4.69, 9.17) is 15.2 Å². The van der Waals surface area contributed by atoms with Crippen LogP contribution >= 0.6 is 0 Å². The van der Waals surface area contributed by atoms with Gasteiger partial charge in [-0.05, 0) is 48.7 Å². The summed E-state index contributed by atoms with van der Waals surface area (Å²) >= 11 is 0. The van der Waals surface area contributed by atoms with E-state index in [1.165, 1.54) is 0 Å². The molecule has 1 heterocycles. The first-order valence-electron chi connectivity index (χ1n) is 8.84. The lowest BCUT2D eigenvalue weighted by Crippen LogP contribution is -2.18. The second kappa shape index (κ2) is 8.44. The van der Waals surface area contributed by atoms with E-state index in [1.807, 2.05) is 18.2 Å². The third-order valence-electron chi connectivity index (χ3n) is 4.32. The van der Waals surface area contributed by atoms with E-state index in [1.54, 1.807) is 25.3 Å². The number of benzene rings is 2. The molecule has 0 fully saturated rings. The summed E-state index contributed by atoms with van der Waals surface area (Å²) in [7, 11) is 1.56. The van der Waals surface area contributed by atoms with Gasteiger partial charge in [0.1, 0.15) is 11.5 Å². The third kappa shape index (κ3) is 4.91. The van der Waals surface area contributed by atoms with Crippen molar-refractivity contribution < 1.29 is 19.1 Å². The molecule has 4 N–H and O–H groups in total. The van der Waals surface area contributed by atoms with Crippen molar-refractivity contribution >= 4 is 28.9 Å². The molecule has 2 aromatic rings. The van der Waals surface area contributed by atoms with E-state index in [2.05, 4.69) is 10.6 Å². The van der Waals surface area contributed by atoms with Crippen LogP contribution in [0.3, 0.4) is 0 Å². The number of nitrogens with two attached hydrogens (primary N) is 1. The summed E-state index contributed by atoms with van der Waals surface area (Å²) in [6, 6.07) is 10.7. The molecule has 0 unspecified atom stereocenters. The highest BCUT2D eigenvalue weighted by Crippen LogP contribution is 2.27. The average molecular weight is 369 g/mol. The fraction of sp³-hybridized carbons (Fsp3) is 0.300. The first-order valence-corrected chi connectivity index (χ1v) is 8.84. The van der Waals surface area contributed by atoms with Crippen molar-refractivity contribution in [2.75, 3.05) is 30.1 Å². The van der Waals surface area contributed by atoms with Crippen LogP contribution in [0.4, 0.5) is 17.1 Å². The molecule has 0 saturated carbocycles. The minimum absolute atomic E-state index is 0.0406. The Morgan fingerprint density at radius 3 is 2.81 bits per heavy atom. The van der Waals surface area contributed by atoms with Gasteiger partial charge in [-0.25, -0.2) is 0 Å². The maximum atomic E-state index is 12.1. The van der Waals surface area contributed by atoms with Gasteiger partial charge in [0.15, 0.2) is 0 Å². The van der Waals surface area contributed by atoms with Crippen molar-refractivity contribution in [1.82, 2.24) is 0 Å². The zero-order chi connectivity index (χ0) is 19.2. The molecule has 0 saturated heterocycles. The molecule has 1 aliphatic heterocycles. The predicted octanol–water partition coefficient (Wildman–Crippen LogP) is 2.96. The van der Waals surface area contributed by atoms with E-state index in [-0.39, 0.29) is 11.8 Å². The number of aryl methyl sites for hydroxylation is 1. The first kappa shape index (κ1) is 18.6. The van der Waals surface area contributed by atoms with Crippen LogP contribution in [0.15, 0.2) is 36.4 Å². The number of hydrogen-bond acceptors (Lipinski definition) is 5. The van der Waals surface area contributed by atoms with Gasteiger partial charge in [0.25, 0.3) is 0 Å². The summed E-state index contributed by atoms with van der Waals surface area (Å²) in [5, 5.41) is 5.63. The Bertz CT molecular complexity index is 851. The van der Waals surface area contributed by atoms with Crippen molar-refractivity contribution in [3.05, 3.63) is 42.0 Å². The van der Waals surface area contributed by atoms with E-state index in [0.29, 0.717) is 49.4 Å². The summed E-state index contributed by atoms with van der Waals surface area (Å²) in [6.45, 7) is 0.423. The number of anilines is 3. The number of carbonyl (C=O) groups excluding carboxylic acids is 2. The molecule has 7 nitrogen and oxygen atoms in total. The van der Waals surface area contributed by atoms with Gasteiger partial charge in [0, 0.05) is 24.6 Å². The number of nitrogens with one attached hydrogen (secondary N) is 2. The van der Waals surface area contributed by atoms with Crippen LogP contribution in [0.1, 0.15) is 24.8 Å². The van der Waals surface area contributed by atoms with Gasteiger partial charge in [-0.2, -0.15) is 0 Å². The van der Waals surface area contributed by atoms with Crippen LogP contribution in [-0.4, -0.2) is 25.5 Å². The Labute approximate surface area is 157 Å². The number of carbonyl (C=O) groups is 2. The molecule has 3 rings (SSSR count). The number of methoxy groups -OCH3 is 1. The zero-order valence-electron chi connectivity index (χ0n) is 15.2. The summed E-state index contributed by atoms with van der Waals surface area (Å²) in [6.07, 6.45) is 2.09. The summed E-state index contributed by atoms with van der Waals surface area (Å²) < 4.78 is 10.9. The van der Waals surface area contributed by atoms with Gasteiger partial charge in [0.05, 0.1) is 25.1 Å². The van der Waals surface area contributed by atoms with E-state index < -0.39 is 0 Å². The van der Waals surface area contributed by atoms with Crippen LogP contribution in [-0.2, 0) is 16.0 Å². The maximum absolute atomic E-state index is 12.1. The molecular weight excluding hydrogens is 346 g/mol. The molecule has 142 valence electrons. The van der Waals surface area contributed by atoms with Gasteiger partial charge in [-0.15, -0.1) is 0 Å². The summed E-state index contributed by atoms with van der Waals surface area (Å²) in [4.78, 5) is 23.5. The highest BCUT2D eigenvalue weighted by atomic mass is 16.5. The second-order valence-corrected chi connectivity index (χ2v) is 6.32. The Kier molecular flexibility index (Phi) is 5.80. The van der Waals surface area contributed by atoms with Crippen molar-refractivity contribution in [2.24, 2.45) is 0 Å². The Morgan fingerprint density at radius 2 is 2.00 bits per heavy atom. The quantitative estimate of drug-likeness (QED) is 0.514. The monoisotopic (exact) mass is 369 g/mol. The summed E-state index contributed by atoms with van der Waals surface area (Å²) in [5.74, 6) is 1.28. The molecule has 2 amide bonds. The van der Waals surface area contributed by atoms with Crippen molar-refractivity contribution in [3.8, 4) is 11.5 Å². The minimum Gasteiger partial charge on any atom is -0.497 e. The fourth-order valence-electron chi connectivity index (χ4n) is 2.86. The zero-order valence-corrected chi connectivity index (χ0v) is 15.2. The highest BCUT2D eigenvalue weighted by Gasteiger charge is 2.15. The first-order chi connectivity index (χ1) is 13.0. The SMILES string of the molecule is COc1ccc(N)c(NC(=O)CCCOc2ccc3c(c2)CCC(=O)N3)c1. The fourth-order valence-corrected chi connectivity index (χ4v) is 2.86. The lowest BCUT2D eigenvalue weighted by Gasteiger charge is -2.17. The van der Waals surface area contributed by atoms with Crippen LogP contribution in [0.25, 0.3) is 0 Å². The van der Waals surface area contributed by atoms with Crippen LogP contribution in [0, 0.1) is 0 Å². The molecule has 0 aromatic heterocycles. The van der Waals surface area contributed by atoms with E-state index in [9.17, 15) is 9.59 Å². The standard InChI is InChI=1S/C20H23N3O4/c1-26-14-5-7-16(21)18(12-14)23-19(24)3-2-10-27-15-6-8-17-13(11-15)4-9-20(25)22-17/h5-8,11-12H,2-4,9-10,21H2,1H3,(H,22,25)(H,23,24). The number of amides is 2. The molecule has 1 aliphatic rings. The normalized spacial score (nSPS) is 12.7. The second-order valence-electron chi connectivity index (χ2n) is 6.32. The molecule has 2 aromatic carbocycles. The molecule has 0 radical (unpaired) electrons. The molecule has 0 aliphatic carbocycles. The highest BCUT2D eigenvalue weighted by molar-refractivity contribution is 5.94. The van der Waals surface area contributed by atoms with Crippen molar-refractivity contribution in [3.63, 3.8) is 0 Å². The minimum atomic E-state index is -0.133. The number of rotatable bonds is 7. The average Bonchev–Trinajstić information content (AvgIpc) is 2.67. The van der Waals surface area contributed by atoms with Crippen molar-refractivity contribution in [2.45, 2.75) is 25.7 Å². The summed E-state index contributed by atoms with van der Waals surface area (Å²) in [5.41, 5.74) is 8.80. The maximum Gasteiger partial charge on any atom is 0.224 e. The molecule has 0 atom stereocenters. The number of ether oxygens (including phenoxy) is 2.